The minimum absolute atomic E-state index is 0.104. The molecule has 1 fully saturated rings. The lowest BCUT2D eigenvalue weighted by Gasteiger charge is -2.40. The number of nitrogens with zero attached hydrogens (tertiary/aromatic N) is 2. The zero-order valence-electron chi connectivity index (χ0n) is 11.8. The van der Waals surface area contributed by atoms with Crippen molar-refractivity contribution in [1.82, 2.24) is 4.98 Å². The van der Waals surface area contributed by atoms with E-state index >= 15 is 0 Å². The minimum Gasteiger partial charge on any atom is -0.382 e. The summed E-state index contributed by atoms with van der Waals surface area (Å²) in [6, 6.07) is 6.80. The molecule has 0 amide bonds. The third-order valence-corrected chi connectivity index (χ3v) is 5.66. The van der Waals surface area contributed by atoms with Crippen LogP contribution in [0.2, 0.25) is 0 Å². The largest absolute Gasteiger partial charge is 0.382 e. The van der Waals surface area contributed by atoms with Gasteiger partial charge < -0.3 is 5.32 Å². The summed E-state index contributed by atoms with van der Waals surface area (Å²) < 4.78 is 0.308. The molecule has 1 aliphatic carbocycles. The molecule has 0 spiro atoms. The molecule has 1 N–H and O–H groups in total. The highest BCUT2D eigenvalue weighted by Gasteiger charge is 2.35. The molecule has 1 saturated carbocycles. The summed E-state index contributed by atoms with van der Waals surface area (Å²) in [5, 5.41) is 15.1. The van der Waals surface area contributed by atoms with E-state index in [1.165, 1.54) is 19.3 Å². The van der Waals surface area contributed by atoms with Gasteiger partial charge in [0.15, 0.2) is 0 Å². The van der Waals surface area contributed by atoms with Crippen molar-refractivity contribution < 1.29 is 4.92 Å². The molecule has 0 aliphatic heterocycles. The molecule has 1 aromatic carbocycles. The second-order valence-electron chi connectivity index (χ2n) is 5.38. The van der Waals surface area contributed by atoms with Crippen LogP contribution in [-0.4, -0.2) is 27.5 Å². The minimum atomic E-state index is -0.358. The third-order valence-electron chi connectivity index (χ3n) is 4.24. The number of nitro groups is 1. The number of thioether (sulfide) groups is 1. The lowest BCUT2D eigenvalue weighted by Crippen LogP contribution is -2.40. The number of anilines is 1. The van der Waals surface area contributed by atoms with E-state index < -0.39 is 0 Å². The Kier molecular flexibility index (Phi) is 3.71. The summed E-state index contributed by atoms with van der Waals surface area (Å²) in [6.07, 6.45) is 7.54. The number of hydrogen-bond acceptors (Lipinski definition) is 5. The first kappa shape index (κ1) is 14.1. The molecule has 1 heterocycles. The van der Waals surface area contributed by atoms with E-state index in [4.69, 9.17) is 0 Å². The van der Waals surface area contributed by atoms with Gasteiger partial charge in [0, 0.05) is 23.6 Å². The van der Waals surface area contributed by atoms with Crippen LogP contribution in [0.15, 0.2) is 30.5 Å². The molecule has 5 nitrogen and oxygen atoms in total. The Labute approximate surface area is 127 Å². The number of hydrogen-bond donors (Lipinski definition) is 1. The number of aromatic nitrogens is 1. The van der Waals surface area contributed by atoms with Crippen molar-refractivity contribution in [2.24, 2.45) is 0 Å². The van der Waals surface area contributed by atoms with Crippen LogP contribution in [0.5, 0.6) is 0 Å². The molecule has 0 atom stereocenters. The Bertz CT molecular complexity index is 680. The van der Waals surface area contributed by atoms with E-state index in [-0.39, 0.29) is 10.6 Å². The number of benzene rings is 1. The summed E-state index contributed by atoms with van der Waals surface area (Å²) in [4.78, 5) is 15.1. The predicted molar refractivity (Wildman–Crippen MR) is 87.0 cm³/mol. The van der Waals surface area contributed by atoms with Gasteiger partial charge in [-0.2, -0.15) is 11.8 Å². The van der Waals surface area contributed by atoms with Gasteiger partial charge in [-0.1, -0.05) is 6.42 Å². The highest BCUT2D eigenvalue weighted by molar-refractivity contribution is 8.00. The highest BCUT2D eigenvalue weighted by Crippen LogP contribution is 2.43. The first-order valence-electron chi connectivity index (χ1n) is 6.96. The van der Waals surface area contributed by atoms with Crippen molar-refractivity contribution >= 4 is 34.0 Å². The smallest absolute Gasteiger partial charge is 0.278 e. The molecule has 1 aliphatic rings. The summed E-state index contributed by atoms with van der Waals surface area (Å²) in [6.45, 7) is 0.873. The fraction of sp³-hybridized carbons (Fsp3) is 0.400. The van der Waals surface area contributed by atoms with Crippen LogP contribution >= 0.6 is 11.8 Å². The Morgan fingerprint density at radius 1 is 1.43 bits per heavy atom. The van der Waals surface area contributed by atoms with Gasteiger partial charge in [0.1, 0.15) is 5.52 Å². The maximum absolute atomic E-state index is 11.1. The lowest BCUT2D eigenvalue weighted by molar-refractivity contribution is -0.383. The number of nitrogens with one attached hydrogen (secondary N) is 1. The maximum atomic E-state index is 11.1. The topological polar surface area (TPSA) is 68.1 Å². The number of pyridine rings is 1. The molecule has 3 rings (SSSR count). The zero-order valence-corrected chi connectivity index (χ0v) is 12.7. The molecule has 1 aromatic heterocycles. The van der Waals surface area contributed by atoms with Gasteiger partial charge in [-0.05, 0) is 37.3 Å². The van der Waals surface area contributed by atoms with Gasteiger partial charge in [-0.15, -0.1) is 0 Å². The molecule has 0 saturated heterocycles. The van der Waals surface area contributed by atoms with E-state index in [2.05, 4.69) is 16.6 Å². The number of fused-ring (bicyclic) bond motifs is 1. The van der Waals surface area contributed by atoms with Gasteiger partial charge in [0.25, 0.3) is 5.69 Å². The summed E-state index contributed by atoms with van der Waals surface area (Å²) >= 11 is 1.90. The van der Waals surface area contributed by atoms with E-state index in [1.54, 1.807) is 30.5 Å². The first-order chi connectivity index (χ1) is 10.2. The van der Waals surface area contributed by atoms with Crippen molar-refractivity contribution in [3.63, 3.8) is 0 Å². The second-order valence-corrected chi connectivity index (χ2v) is 6.66. The Hall–Kier alpha value is -1.82. The number of rotatable bonds is 5. The van der Waals surface area contributed by atoms with Gasteiger partial charge in [-0.3, -0.25) is 15.1 Å². The standard InChI is InChI=1S/C15H17N3O2S/c1-21-15(7-3-8-15)10-17-12-5-6-13(18(19)20)11-4-2-9-16-14(11)12/h2,4-6,9,17H,3,7-8,10H2,1H3. The predicted octanol–water partition coefficient (Wildman–Crippen LogP) is 3.84. The average Bonchev–Trinajstić information content (AvgIpc) is 2.46. The van der Waals surface area contributed by atoms with Gasteiger partial charge in [-0.25, -0.2) is 0 Å². The Balaban J connectivity index is 1.93. The van der Waals surface area contributed by atoms with E-state index in [9.17, 15) is 10.1 Å². The summed E-state index contributed by atoms with van der Waals surface area (Å²) in [7, 11) is 0. The molecular weight excluding hydrogens is 286 g/mol. The van der Waals surface area contributed by atoms with E-state index in [1.807, 2.05) is 11.8 Å². The molecular formula is C15H17N3O2S. The number of nitro benzene ring substituents is 1. The van der Waals surface area contributed by atoms with Crippen LogP contribution in [-0.2, 0) is 0 Å². The summed E-state index contributed by atoms with van der Waals surface area (Å²) in [5.41, 5.74) is 1.64. The molecule has 0 radical (unpaired) electrons. The van der Waals surface area contributed by atoms with Crippen molar-refractivity contribution in [3.05, 3.63) is 40.6 Å². The van der Waals surface area contributed by atoms with Gasteiger partial charge in [0.2, 0.25) is 0 Å². The molecule has 0 unspecified atom stereocenters. The summed E-state index contributed by atoms with van der Waals surface area (Å²) in [5.74, 6) is 0. The van der Waals surface area contributed by atoms with Crippen LogP contribution in [0.4, 0.5) is 11.4 Å². The quantitative estimate of drug-likeness (QED) is 0.671. The van der Waals surface area contributed by atoms with Crippen LogP contribution < -0.4 is 5.32 Å². The van der Waals surface area contributed by atoms with Crippen molar-refractivity contribution in [3.8, 4) is 0 Å². The molecule has 21 heavy (non-hydrogen) atoms. The van der Waals surface area contributed by atoms with E-state index in [0.717, 1.165) is 12.2 Å². The fourth-order valence-electron chi connectivity index (χ4n) is 2.74. The Morgan fingerprint density at radius 2 is 2.24 bits per heavy atom. The van der Waals surface area contributed by atoms with Crippen LogP contribution in [0.1, 0.15) is 19.3 Å². The highest BCUT2D eigenvalue weighted by atomic mass is 32.2. The van der Waals surface area contributed by atoms with Gasteiger partial charge >= 0.3 is 0 Å². The number of non-ortho nitro benzene ring substituents is 1. The normalized spacial score (nSPS) is 16.4. The van der Waals surface area contributed by atoms with E-state index in [0.29, 0.717) is 15.6 Å². The molecule has 0 bridgehead atoms. The van der Waals surface area contributed by atoms with Crippen molar-refractivity contribution in [2.75, 3.05) is 18.1 Å². The second kappa shape index (κ2) is 5.52. The SMILES string of the molecule is CSC1(CNc2ccc([N+](=O)[O-])c3cccnc23)CCC1. The zero-order chi connectivity index (χ0) is 14.9. The molecule has 110 valence electrons. The van der Waals surface area contributed by atoms with Crippen LogP contribution in [0.3, 0.4) is 0 Å². The van der Waals surface area contributed by atoms with Crippen LogP contribution in [0, 0.1) is 10.1 Å². The van der Waals surface area contributed by atoms with Gasteiger partial charge in [0.05, 0.1) is 16.0 Å². The molecule has 2 aromatic rings. The first-order valence-corrected chi connectivity index (χ1v) is 8.19. The van der Waals surface area contributed by atoms with Crippen molar-refractivity contribution in [1.29, 1.82) is 0 Å². The van der Waals surface area contributed by atoms with Crippen LogP contribution in [0.25, 0.3) is 10.9 Å². The average molecular weight is 303 g/mol. The maximum Gasteiger partial charge on any atom is 0.278 e. The van der Waals surface area contributed by atoms with Crippen molar-refractivity contribution in [2.45, 2.75) is 24.0 Å². The lowest BCUT2D eigenvalue weighted by atomic mass is 9.84. The monoisotopic (exact) mass is 303 g/mol. The Morgan fingerprint density at radius 3 is 2.86 bits per heavy atom. The molecule has 6 heteroatoms. The third kappa shape index (κ3) is 2.55. The fourth-order valence-corrected chi connectivity index (χ4v) is 3.65.